The molecule has 7 heteroatoms. The van der Waals surface area contributed by atoms with Crippen molar-refractivity contribution < 1.29 is 0 Å². The van der Waals surface area contributed by atoms with Gasteiger partial charge < -0.3 is 4.57 Å². The fourth-order valence-electron chi connectivity index (χ4n) is 2.55. The molecule has 4 rings (SSSR count). The monoisotopic (exact) mass is 343 g/mol. The van der Waals surface area contributed by atoms with Gasteiger partial charge in [0.15, 0.2) is 5.16 Å². The number of thiophene rings is 1. The number of aryl methyl sites for hydroxylation is 1. The van der Waals surface area contributed by atoms with Gasteiger partial charge >= 0.3 is 0 Å². The molecule has 3 aromatic heterocycles. The molecule has 0 aliphatic heterocycles. The zero-order valence-electron chi connectivity index (χ0n) is 12.9. The number of aromatic nitrogens is 5. The smallest absolute Gasteiger partial charge is 0.197 e. The van der Waals surface area contributed by atoms with Crippen molar-refractivity contribution in [1.82, 2.24) is 24.7 Å². The van der Waals surface area contributed by atoms with Gasteiger partial charge in [0, 0.05) is 22.7 Å². The van der Waals surface area contributed by atoms with E-state index in [4.69, 9.17) is 0 Å². The highest BCUT2D eigenvalue weighted by atomic mass is 32.2. The van der Waals surface area contributed by atoms with Gasteiger partial charge in [0.1, 0.15) is 22.0 Å². The summed E-state index contributed by atoms with van der Waals surface area (Å²) in [6.07, 6.45) is 6.97. The molecule has 0 amide bonds. The first-order valence-electron chi connectivity index (χ1n) is 7.75. The maximum Gasteiger partial charge on any atom is 0.197 e. The minimum atomic E-state index is 0.565. The van der Waals surface area contributed by atoms with Gasteiger partial charge in [-0.2, -0.15) is 0 Å². The molecule has 0 atom stereocenters. The lowest BCUT2D eigenvalue weighted by atomic mass is 10.3. The van der Waals surface area contributed by atoms with E-state index in [0.29, 0.717) is 5.92 Å². The van der Waals surface area contributed by atoms with Gasteiger partial charge in [0.25, 0.3) is 0 Å². The SMILES string of the molecule is C=CCn1c(Sc2ncnc3sc(CC)cc23)nnc1C1CC1. The molecule has 0 saturated heterocycles. The molecule has 1 fully saturated rings. The second-order valence-electron chi connectivity index (χ2n) is 5.58. The van der Waals surface area contributed by atoms with E-state index in [1.54, 1.807) is 29.4 Å². The topological polar surface area (TPSA) is 56.5 Å². The van der Waals surface area contributed by atoms with E-state index in [0.717, 1.165) is 39.2 Å². The van der Waals surface area contributed by atoms with E-state index in [1.807, 2.05) is 6.08 Å². The Morgan fingerprint density at radius 3 is 3.00 bits per heavy atom. The lowest BCUT2D eigenvalue weighted by Gasteiger charge is -2.06. The van der Waals surface area contributed by atoms with Crippen molar-refractivity contribution in [2.45, 2.75) is 48.8 Å². The number of hydrogen-bond donors (Lipinski definition) is 0. The summed E-state index contributed by atoms with van der Waals surface area (Å²) in [4.78, 5) is 11.2. The summed E-state index contributed by atoms with van der Waals surface area (Å²) in [5, 5.41) is 11.7. The maximum absolute atomic E-state index is 4.47. The predicted octanol–water partition coefficient (Wildman–Crippen LogP) is 4.06. The first kappa shape index (κ1) is 14.8. The predicted molar refractivity (Wildman–Crippen MR) is 93.1 cm³/mol. The third-order valence-corrected chi connectivity index (χ3v) is 6.07. The molecular formula is C16H17N5S2. The van der Waals surface area contributed by atoms with Crippen molar-refractivity contribution in [2.75, 3.05) is 0 Å². The summed E-state index contributed by atoms with van der Waals surface area (Å²) in [5.74, 6) is 1.65. The van der Waals surface area contributed by atoms with Crippen LogP contribution in [0.25, 0.3) is 10.2 Å². The van der Waals surface area contributed by atoms with Crippen LogP contribution in [0.4, 0.5) is 0 Å². The third-order valence-electron chi connectivity index (χ3n) is 3.88. The summed E-state index contributed by atoms with van der Waals surface area (Å²) in [6, 6.07) is 2.19. The Bertz CT molecular complexity index is 863. The highest BCUT2D eigenvalue weighted by Gasteiger charge is 2.30. The fraction of sp³-hybridized carbons (Fsp3) is 0.375. The van der Waals surface area contributed by atoms with Gasteiger partial charge in [-0.15, -0.1) is 28.1 Å². The molecule has 5 nitrogen and oxygen atoms in total. The number of rotatable bonds is 6. The molecule has 118 valence electrons. The van der Waals surface area contributed by atoms with Gasteiger partial charge in [0.2, 0.25) is 0 Å². The van der Waals surface area contributed by atoms with E-state index in [9.17, 15) is 0 Å². The third kappa shape index (κ3) is 2.79. The van der Waals surface area contributed by atoms with Crippen molar-refractivity contribution in [3.8, 4) is 0 Å². The average Bonchev–Trinajstić information content (AvgIpc) is 3.19. The Balaban J connectivity index is 1.73. The Hall–Kier alpha value is -1.73. The van der Waals surface area contributed by atoms with E-state index in [-0.39, 0.29) is 0 Å². The van der Waals surface area contributed by atoms with Gasteiger partial charge in [-0.1, -0.05) is 13.0 Å². The molecule has 1 aliphatic carbocycles. The summed E-state index contributed by atoms with van der Waals surface area (Å²) < 4.78 is 2.16. The molecule has 23 heavy (non-hydrogen) atoms. The zero-order chi connectivity index (χ0) is 15.8. The number of nitrogens with zero attached hydrogens (tertiary/aromatic N) is 5. The van der Waals surface area contributed by atoms with Gasteiger partial charge in [-0.05, 0) is 37.1 Å². The number of hydrogen-bond acceptors (Lipinski definition) is 6. The lowest BCUT2D eigenvalue weighted by Crippen LogP contribution is -2.02. The summed E-state index contributed by atoms with van der Waals surface area (Å²) in [7, 11) is 0. The molecule has 0 radical (unpaired) electrons. The first-order chi connectivity index (χ1) is 11.3. The largest absolute Gasteiger partial charge is 0.302 e. The molecule has 1 saturated carbocycles. The molecule has 0 aromatic carbocycles. The minimum absolute atomic E-state index is 0.565. The zero-order valence-corrected chi connectivity index (χ0v) is 14.5. The molecule has 0 spiro atoms. The van der Waals surface area contributed by atoms with E-state index >= 15 is 0 Å². The van der Waals surface area contributed by atoms with Crippen LogP contribution < -0.4 is 0 Å². The van der Waals surface area contributed by atoms with Crippen molar-refractivity contribution in [3.63, 3.8) is 0 Å². The van der Waals surface area contributed by atoms with E-state index in [2.05, 4.69) is 44.3 Å². The van der Waals surface area contributed by atoms with Crippen LogP contribution in [-0.4, -0.2) is 24.7 Å². The van der Waals surface area contributed by atoms with Crippen molar-refractivity contribution in [3.05, 3.63) is 35.8 Å². The molecule has 0 unspecified atom stereocenters. The highest BCUT2D eigenvalue weighted by molar-refractivity contribution is 7.99. The van der Waals surface area contributed by atoms with E-state index in [1.165, 1.54) is 17.7 Å². The summed E-state index contributed by atoms with van der Waals surface area (Å²) in [5.41, 5.74) is 0. The maximum atomic E-state index is 4.47. The average molecular weight is 343 g/mol. The van der Waals surface area contributed by atoms with Crippen LogP contribution in [0.5, 0.6) is 0 Å². The van der Waals surface area contributed by atoms with Gasteiger partial charge in [-0.25, -0.2) is 9.97 Å². The van der Waals surface area contributed by atoms with Crippen LogP contribution in [0.15, 0.2) is 35.2 Å². The molecule has 1 aliphatic rings. The van der Waals surface area contributed by atoms with Crippen molar-refractivity contribution >= 4 is 33.3 Å². The van der Waals surface area contributed by atoms with E-state index < -0.39 is 0 Å². The molecule has 0 bridgehead atoms. The van der Waals surface area contributed by atoms with Crippen molar-refractivity contribution in [1.29, 1.82) is 0 Å². The van der Waals surface area contributed by atoms with Gasteiger partial charge in [-0.3, -0.25) is 0 Å². The minimum Gasteiger partial charge on any atom is -0.302 e. The van der Waals surface area contributed by atoms with Crippen LogP contribution in [0.3, 0.4) is 0 Å². The fourth-order valence-corrected chi connectivity index (χ4v) is 4.44. The molecule has 3 heterocycles. The molecular weight excluding hydrogens is 326 g/mol. The summed E-state index contributed by atoms with van der Waals surface area (Å²) in [6.45, 7) is 6.75. The first-order valence-corrected chi connectivity index (χ1v) is 9.38. The number of fused-ring (bicyclic) bond motifs is 1. The van der Waals surface area contributed by atoms with Crippen LogP contribution in [0.2, 0.25) is 0 Å². The second-order valence-corrected chi connectivity index (χ2v) is 7.65. The lowest BCUT2D eigenvalue weighted by molar-refractivity contribution is 0.681. The Kier molecular flexibility index (Phi) is 3.90. The normalized spacial score (nSPS) is 14.5. The Morgan fingerprint density at radius 2 is 2.26 bits per heavy atom. The second kappa shape index (κ2) is 6.05. The van der Waals surface area contributed by atoms with Gasteiger partial charge in [0.05, 0.1) is 0 Å². The highest BCUT2D eigenvalue weighted by Crippen LogP contribution is 2.41. The van der Waals surface area contributed by atoms with Crippen LogP contribution in [0, 0.1) is 0 Å². The molecule has 0 N–H and O–H groups in total. The number of allylic oxidation sites excluding steroid dienone is 1. The van der Waals surface area contributed by atoms with Crippen LogP contribution in [-0.2, 0) is 13.0 Å². The Labute approximate surface area is 142 Å². The van der Waals surface area contributed by atoms with Crippen LogP contribution in [0.1, 0.15) is 36.4 Å². The standard InChI is InChI=1S/C16H17N5S2/c1-3-7-21-13(10-5-6-10)19-20-16(21)23-15-12-8-11(4-2)22-14(12)17-9-18-15/h3,8-10H,1,4-7H2,2H3. The summed E-state index contributed by atoms with van der Waals surface area (Å²) >= 11 is 3.30. The van der Waals surface area contributed by atoms with Crippen LogP contribution >= 0.6 is 23.1 Å². The Morgan fingerprint density at radius 1 is 1.39 bits per heavy atom. The van der Waals surface area contributed by atoms with Crippen molar-refractivity contribution in [2.24, 2.45) is 0 Å². The quantitative estimate of drug-likeness (QED) is 0.499. The molecule has 3 aromatic rings.